The summed E-state index contributed by atoms with van der Waals surface area (Å²) in [4.78, 5) is 10.3. The van der Waals surface area contributed by atoms with Crippen LogP contribution in [0.25, 0.3) is 0 Å². The number of hydrogen-bond donors (Lipinski definition) is 1. The molecule has 0 saturated carbocycles. The Bertz CT molecular complexity index is 164. The third-order valence-corrected chi connectivity index (χ3v) is 3.19. The van der Waals surface area contributed by atoms with Crippen molar-refractivity contribution >= 4 is 5.97 Å². The maximum Gasteiger partial charge on any atom is 0.303 e. The maximum atomic E-state index is 10.3. The van der Waals surface area contributed by atoms with Crippen molar-refractivity contribution in [3.8, 4) is 0 Å². The number of carboxylic acids is 1. The van der Waals surface area contributed by atoms with Crippen LogP contribution < -0.4 is 0 Å². The van der Waals surface area contributed by atoms with Gasteiger partial charge in [-0.2, -0.15) is 0 Å². The summed E-state index contributed by atoms with van der Waals surface area (Å²) in [7, 11) is 0. The molecule has 1 atom stereocenters. The van der Waals surface area contributed by atoms with Crippen LogP contribution in [0.3, 0.4) is 0 Å². The van der Waals surface area contributed by atoms with Crippen LogP contribution in [0.15, 0.2) is 0 Å². The highest BCUT2D eigenvalue weighted by Crippen LogP contribution is 2.18. The lowest BCUT2D eigenvalue weighted by molar-refractivity contribution is -0.137. The average molecular weight is 214 g/mol. The highest BCUT2D eigenvalue weighted by molar-refractivity contribution is 5.66. The third kappa shape index (κ3) is 9.77. The smallest absolute Gasteiger partial charge is 0.303 e. The molecule has 0 rings (SSSR count). The van der Waals surface area contributed by atoms with Crippen LogP contribution in [0, 0.1) is 11.8 Å². The molecule has 0 unspecified atom stereocenters. The van der Waals surface area contributed by atoms with Gasteiger partial charge < -0.3 is 5.11 Å². The van der Waals surface area contributed by atoms with E-state index in [4.69, 9.17) is 5.11 Å². The van der Waals surface area contributed by atoms with E-state index in [0.717, 1.165) is 24.7 Å². The molecule has 0 saturated heterocycles. The van der Waals surface area contributed by atoms with Gasteiger partial charge in [-0.3, -0.25) is 4.79 Å². The minimum atomic E-state index is -0.663. The number of carboxylic acid groups (broad SMARTS) is 1. The second kappa shape index (κ2) is 8.75. The van der Waals surface area contributed by atoms with Gasteiger partial charge in [0.1, 0.15) is 0 Å². The summed E-state index contributed by atoms with van der Waals surface area (Å²) in [6.07, 6.45) is 7.32. The lowest BCUT2D eigenvalue weighted by Gasteiger charge is -2.14. The molecule has 0 aliphatic rings. The van der Waals surface area contributed by atoms with Gasteiger partial charge in [0.2, 0.25) is 0 Å². The van der Waals surface area contributed by atoms with E-state index in [1.807, 2.05) is 0 Å². The fourth-order valence-electron chi connectivity index (χ4n) is 1.61. The second-order valence-electron chi connectivity index (χ2n) is 4.92. The van der Waals surface area contributed by atoms with Crippen molar-refractivity contribution in [2.24, 2.45) is 11.8 Å². The molecule has 0 heterocycles. The van der Waals surface area contributed by atoms with Crippen LogP contribution in [-0.4, -0.2) is 11.1 Å². The summed E-state index contributed by atoms with van der Waals surface area (Å²) in [5.74, 6) is 0.949. The molecule has 0 aliphatic heterocycles. The van der Waals surface area contributed by atoms with E-state index in [1.54, 1.807) is 0 Å². The SMILES string of the molecule is CC(C)[C@@H](C)CCCCCCCC(=O)O. The fraction of sp³-hybridized carbons (Fsp3) is 0.923. The molecule has 0 aromatic carbocycles. The quantitative estimate of drug-likeness (QED) is 0.587. The summed E-state index contributed by atoms with van der Waals surface area (Å²) >= 11 is 0. The Hall–Kier alpha value is -0.530. The Labute approximate surface area is 94.1 Å². The Kier molecular flexibility index (Phi) is 8.44. The van der Waals surface area contributed by atoms with Gasteiger partial charge in [-0.25, -0.2) is 0 Å². The largest absolute Gasteiger partial charge is 0.481 e. The molecule has 0 bridgehead atoms. The third-order valence-electron chi connectivity index (χ3n) is 3.19. The Morgan fingerprint density at radius 1 is 1.00 bits per heavy atom. The van der Waals surface area contributed by atoms with Crippen LogP contribution in [0.5, 0.6) is 0 Å². The Morgan fingerprint density at radius 2 is 1.53 bits per heavy atom. The van der Waals surface area contributed by atoms with Crippen molar-refractivity contribution in [1.82, 2.24) is 0 Å². The van der Waals surface area contributed by atoms with E-state index in [9.17, 15) is 4.79 Å². The molecule has 0 radical (unpaired) electrons. The predicted molar refractivity (Wildman–Crippen MR) is 64.0 cm³/mol. The molecular weight excluding hydrogens is 188 g/mol. The van der Waals surface area contributed by atoms with Gasteiger partial charge in [-0.15, -0.1) is 0 Å². The zero-order valence-electron chi connectivity index (χ0n) is 10.5. The topological polar surface area (TPSA) is 37.3 Å². The molecule has 0 aromatic heterocycles. The molecule has 2 nitrogen and oxygen atoms in total. The molecule has 0 aromatic rings. The molecule has 2 heteroatoms. The first-order chi connectivity index (χ1) is 7.04. The Balaban J connectivity index is 3.15. The van der Waals surface area contributed by atoms with Crippen LogP contribution in [-0.2, 0) is 4.79 Å². The van der Waals surface area contributed by atoms with Crippen LogP contribution in [0.2, 0.25) is 0 Å². The van der Waals surface area contributed by atoms with Gasteiger partial charge in [0.05, 0.1) is 0 Å². The van der Waals surface area contributed by atoms with E-state index in [1.165, 1.54) is 25.7 Å². The van der Waals surface area contributed by atoms with Crippen molar-refractivity contribution in [2.75, 3.05) is 0 Å². The van der Waals surface area contributed by atoms with Crippen molar-refractivity contribution in [3.63, 3.8) is 0 Å². The van der Waals surface area contributed by atoms with Crippen molar-refractivity contribution in [3.05, 3.63) is 0 Å². The van der Waals surface area contributed by atoms with E-state index in [-0.39, 0.29) is 0 Å². The molecule has 0 aliphatic carbocycles. The van der Waals surface area contributed by atoms with Gasteiger partial charge in [0.25, 0.3) is 0 Å². The van der Waals surface area contributed by atoms with Crippen LogP contribution in [0.4, 0.5) is 0 Å². The highest BCUT2D eigenvalue weighted by atomic mass is 16.4. The average Bonchev–Trinajstić information content (AvgIpc) is 2.15. The summed E-state index contributed by atoms with van der Waals surface area (Å²) in [6, 6.07) is 0. The number of carbonyl (C=O) groups is 1. The standard InChI is InChI=1S/C13H26O2/c1-11(2)12(3)9-7-5-4-6-8-10-13(14)15/h11-12H,4-10H2,1-3H3,(H,14,15)/t12-/m0/s1. The first-order valence-corrected chi connectivity index (χ1v) is 6.25. The second-order valence-corrected chi connectivity index (χ2v) is 4.92. The van der Waals surface area contributed by atoms with Gasteiger partial charge in [-0.05, 0) is 18.3 Å². The van der Waals surface area contributed by atoms with Crippen molar-refractivity contribution in [1.29, 1.82) is 0 Å². The summed E-state index contributed by atoms with van der Waals surface area (Å²) in [5.41, 5.74) is 0. The Morgan fingerprint density at radius 3 is 2.07 bits per heavy atom. The van der Waals surface area contributed by atoms with E-state index in [2.05, 4.69) is 20.8 Å². The van der Waals surface area contributed by atoms with Crippen LogP contribution >= 0.6 is 0 Å². The molecule has 0 spiro atoms. The van der Waals surface area contributed by atoms with Gasteiger partial charge in [-0.1, -0.05) is 52.9 Å². The minimum Gasteiger partial charge on any atom is -0.481 e. The first-order valence-electron chi connectivity index (χ1n) is 6.25. The molecule has 0 fully saturated rings. The van der Waals surface area contributed by atoms with Crippen molar-refractivity contribution in [2.45, 2.75) is 65.7 Å². The lowest BCUT2D eigenvalue weighted by atomic mass is 9.92. The summed E-state index contributed by atoms with van der Waals surface area (Å²) < 4.78 is 0. The molecule has 90 valence electrons. The molecular formula is C13H26O2. The summed E-state index contributed by atoms with van der Waals surface area (Å²) in [6.45, 7) is 6.87. The molecule has 0 amide bonds. The van der Waals surface area contributed by atoms with Gasteiger partial charge in [0.15, 0.2) is 0 Å². The van der Waals surface area contributed by atoms with Gasteiger partial charge >= 0.3 is 5.97 Å². The summed E-state index contributed by atoms with van der Waals surface area (Å²) in [5, 5.41) is 8.45. The highest BCUT2D eigenvalue weighted by Gasteiger charge is 2.05. The first kappa shape index (κ1) is 14.5. The number of aliphatic carboxylic acids is 1. The van der Waals surface area contributed by atoms with E-state index >= 15 is 0 Å². The lowest BCUT2D eigenvalue weighted by Crippen LogP contribution is -2.03. The normalized spacial score (nSPS) is 13.1. The monoisotopic (exact) mass is 214 g/mol. The van der Waals surface area contributed by atoms with E-state index < -0.39 is 5.97 Å². The number of unbranched alkanes of at least 4 members (excludes halogenated alkanes) is 4. The van der Waals surface area contributed by atoms with Crippen LogP contribution in [0.1, 0.15) is 65.7 Å². The fourth-order valence-corrected chi connectivity index (χ4v) is 1.61. The van der Waals surface area contributed by atoms with E-state index in [0.29, 0.717) is 6.42 Å². The molecule has 1 N–H and O–H groups in total. The number of rotatable bonds is 9. The minimum absolute atomic E-state index is 0.336. The zero-order valence-corrected chi connectivity index (χ0v) is 10.5. The maximum absolute atomic E-state index is 10.3. The van der Waals surface area contributed by atoms with Crippen molar-refractivity contribution < 1.29 is 9.90 Å². The zero-order chi connectivity index (χ0) is 11.7. The number of hydrogen-bond acceptors (Lipinski definition) is 1. The molecule has 15 heavy (non-hydrogen) atoms. The predicted octanol–water partition coefficient (Wildman–Crippen LogP) is 4.09. The van der Waals surface area contributed by atoms with Gasteiger partial charge in [0, 0.05) is 6.42 Å².